The van der Waals surface area contributed by atoms with Gasteiger partial charge in [-0.2, -0.15) is 5.10 Å². The van der Waals surface area contributed by atoms with Crippen molar-refractivity contribution in [2.24, 2.45) is 5.10 Å². The summed E-state index contributed by atoms with van der Waals surface area (Å²) in [7, 11) is -4.12. The number of hydrogen-bond acceptors (Lipinski definition) is 6. The molecule has 0 bridgehead atoms. The second-order valence-electron chi connectivity index (χ2n) is 5.02. The molecule has 0 aliphatic heterocycles. The van der Waals surface area contributed by atoms with E-state index in [4.69, 9.17) is 4.42 Å². The topological polar surface area (TPSA) is 88.7 Å². The number of hydrogen-bond donors (Lipinski definition) is 1. The van der Waals surface area contributed by atoms with Crippen molar-refractivity contribution < 1.29 is 17.6 Å². The summed E-state index contributed by atoms with van der Waals surface area (Å²) >= 11 is 0. The third-order valence-electron chi connectivity index (χ3n) is 3.31. The molecule has 0 atom stereocenters. The van der Waals surface area contributed by atoms with Gasteiger partial charge in [0.25, 0.3) is 5.78 Å². The molecule has 1 N–H and O–H groups in total. The summed E-state index contributed by atoms with van der Waals surface area (Å²) in [5, 5.41) is 3.23. The van der Waals surface area contributed by atoms with Crippen LogP contribution in [0.25, 0.3) is 0 Å². The molecule has 0 saturated carbocycles. The van der Waals surface area contributed by atoms with Crippen LogP contribution in [-0.4, -0.2) is 19.2 Å². The largest absolute Gasteiger partial charge is 0.461 e. The van der Waals surface area contributed by atoms with Crippen LogP contribution in [0.3, 0.4) is 0 Å². The average Bonchev–Trinajstić information content (AvgIpc) is 3.18. The van der Waals surface area contributed by atoms with E-state index in [1.807, 2.05) is 6.07 Å². The molecule has 25 heavy (non-hydrogen) atoms. The van der Waals surface area contributed by atoms with Crippen molar-refractivity contribution in [1.29, 1.82) is 0 Å². The maximum Gasteiger partial charge on any atom is 0.260 e. The van der Waals surface area contributed by atoms with E-state index in [1.165, 1.54) is 30.5 Å². The quantitative estimate of drug-likeness (QED) is 0.328. The Bertz CT molecular complexity index is 980. The van der Waals surface area contributed by atoms with Gasteiger partial charge in [0.15, 0.2) is 5.76 Å². The molecule has 1 aromatic heterocycles. The van der Waals surface area contributed by atoms with Gasteiger partial charge in [0.2, 0.25) is 14.9 Å². The van der Waals surface area contributed by atoms with Crippen molar-refractivity contribution >= 4 is 26.4 Å². The molecule has 0 radical (unpaired) electrons. The molecule has 7 heteroatoms. The third-order valence-corrected chi connectivity index (χ3v) is 4.99. The van der Waals surface area contributed by atoms with Crippen molar-refractivity contribution in [3.8, 4) is 0 Å². The lowest BCUT2D eigenvalue weighted by Gasteiger charge is -2.07. The Morgan fingerprint density at radius 1 is 0.880 bits per heavy atom. The number of furan rings is 1. The highest BCUT2D eigenvalue weighted by atomic mass is 32.2. The van der Waals surface area contributed by atoms with E-state index in [0.717, 1.165) is 0 Å². The van der Waals surface area contributed by atoms with E-state index in [9.17, 15) is 13.2 Å². The van der Waals surface area contributed by atoms with Crippen LogP contribution in [0.15, 0.2) is 93.5 Å². The summed E-state index contributed by atoms with van der Waals surface area (Å²) in [5.41, 5.74) is 3.16. The Morgan fingerprint density at radius 3 is 2.12 bits per heavy atom. The first-order valence-corrected chi connectivity index (χ1v) is 8.84. The maximum atomic E-state index is 12.9. The lowest BCUT2D eigenvalue weighted by Crippen LogP contribution is -2.26. The molecule has 0 aliphatic rings. The number of hydrazone groups is 1. The van der Waals surface area contributed by atoms with Crippen molar-refractivity contribution in [3.05, 3.63) is 84.8 Å². The fraction of sp³-hybridized carbons (Fsp3) is 0. The van der Waals surface area contributed by atoms with Crippen molar-refractivity contribution in [1.82, 2.24) is 0 Å². The Balaban J connectivity index is 2.04. The first kappa shape index (κ1) is 16.7. The monoisotopic (exact) mass is 354 g/mol. The van der Waals surface area contributed by atoms with Crippen LogP contribution in [0, 0.1) is 0 Å². The van der Waals surface area contributed by atoms with Gasteiger partial charge in [0.1, 0.15) is 0 Å². The highest BCUT2D eigenvalue weighted by Gasteiger charge is 2.31. The van der Waals surface area contributed by atoms with Crippen molar-refractivity contribution in [2.75, 3.05) is 5.43 Å². The Kier molecular flexibility index (Phi) is 4.76. The van der Waals surface area contributed by atoms with Gasteiger partial charge in [-0.15, -0.1) is 0 Å². The molecule has 3 aromatic rings. The summed E-state index contributed by atoms with van der Waals surface area (Å²) in [6.45, 7) is 0. The minimum Gasteiger partial charge on any atom is -0.461 e. The van der Waals surface area contributed by atoms with Crippen LogP contribution in [0.1, 0.15) is 10.6 Å². The van der Waals surface area contributed by atoms with E-state index in [0.29, 0.717) is 5.69 Å². The number of nitrogens with one attached hydrogen (secondary N) is 1. The van der Waals surface area contributed by atoms with Crippen LogP contribution in [0.5, 0.6) is 0 Å². The molecule has 0 spiro atoms. The average molecular weight is 354 g/mol. The molecule has 0 aliphatic carbocycles. The molecule has 2 aromatic carbocycles. The van der Waals surface area contributed by atoms with Crippen molar-refractivity contribution in [3.63, 3.8) is 0 Å². The van der Waals surface area contributed by atoms with Gasteiger partial charge < -0.3 is 4.42 Å². The molecular weight excluding hydrogens is 340 g/mol. The number of ketones is 1. The van der Waals surface area contributed by atoms with Crippen LogP contribution < -0.4 is 5.43 Å². The molecule has 1 heterocycles. The number of nitrogens with zero attached hydrogens (tertiary/aromatic N) is 1. The number of rotatable bonds is 5. The van der Waals surface area contributed by atoms with Crippen LogP contribution >= 0.6 is 0 Å². The Morgan fingerprint density at radius 2 is 1.52 bits per heavy atom. The number of para-hydroxylation sites is 1. The van der Waals surface area contributed by atoms with Gasteiger partial charge in [-0.1, -0.05) is 36.4 Å². The molecule has 6 nitrogen and oxygen atoms in total. The standard InChI is InChI=1S/C18H14N2O4S/c21-17(16-12-7-13-24-16)18(20-19-14-8-3-1-4-9-14)25(22,23)15-10-5-2-6-11-15/h1-13,19H/b20-18+. The summed E-state index contributed by atoms with van der Waals surface area (Å²) in [6.07, 6.45) is 1.30. The summed E-state index contributed by atoms with van der Waals surface area (Å²) in [4.78, 5) is 12.6. The maximum absolute atomic E-state index is 12.9. The van der Waals surface area contributed by atoms with Crippen LogP contribution in [0.2, 0.25) is 0 Å². The predicted octanol–water partition coefficient (Wildman–Crippen LogP) is 3.36. The molecular formula is C18H14N2O4S. The molecule has 0 fully saturated rings. The van der Waals surface area contributed by atoms with E-state index < -0.39 is 20.7 Å². The second kappa shape index (κ2) is 7.14. The number of carbonyl (C=O) groups excluding carboxylic acids is 1. The first-order chi connectivity index (χ1) is 12.1. The molecule has 0 saturated heterocycles. The molecule has 0 unspecified atom stereocenters. The zero-order chi connectivity index (χ0) is 17.7. The smallest absolute Gasteiger partial charge is 0.260 e. The third kappa shape index (κ3) is 3.67. The van der Waals surface area contributed by atoms with Gasteiger partial charge in [-0.3, -0.25) is 10.2 Å². The first-order valence-electron chi connectivity index (χ1n) is 7.36. The van der Waals surface area contributed by atoms with E-state index in [-0.39, 0.29) is 10.7 Å². The van der Waals surface area contributed by atoms with Crippen LogP contribution in [-0.2, 0) is 9.84 Å². The van der Waals surface area contributed by atoms with Gasteiger partial charge in [-0.05, 0) is 36.4 Å². The van der Waals surface area contributed by atoms with Gasteiger partial charge in [0, 0.05) is 0 Å². The summed E-state index contributed by atoms with van der Waals surface area (Å²) in [5.74, 6) is -0.926. The molecule has 3 rings (SSSR count). The minimum absolute atomic E-state index is 0.0245. The van der Waals surface area contributed by atoms with Gasteiger partial charge in [0.05, 0.1) is 16.8 Å². The van der Waals surface area contributed by atoms with Crippen LogP contribution in [0.4, 0.5) is 5.69 Å². The molecule has 0 amide bonds. The zero-order valence-corrected chi connectivity index (χ0v) is 13.8. The van der Waals surface area contributed by atoms with Gasteiger partial charge >= 0.3 is 0 Å². The van der Waals surface area contributed by atoms with Crippen molar-refractivity contribution in [2.45, 2.75) is 4.90 Å². The number of benzene rings is 2. The highest BCUT2D eigenvalue weighted by Crippen LogP contribution is 2.17. The SMILES string of the molecule is O=C(/C(=N\Nc1ccccc1)S(=O)(=O)c1ccccc1)c1ccco1. The number of carbonyl (C=O) groups is 1. The number of sulfone groups is 1. The Hall–Kier alpha value is -3.19. The lowest BCUT2D eigenvalue weighted by molar-refractivity contribution is 0.104. The summed E-state index contributed by atoms with van der Waals surface area (Å²) in [6, 6.07) is 19.3. The molecule has 126 valence electrons. The zero-order valence-electron chi connectivity index (χ0n) is 13.0. The number of Topliss-reactive ketones (excluding diaryl/α,β-unsaturated/α-hetero) is 1. The minimum atomic E-state index is -4.12. The predicted molar refractivity (Wildman–Crippen MR) is 94.2 cm³/mol. The Labute approximate surface area is 144 Å². The van der Waals surface area contributed by atoms with E-state index in [2.05, 4.69) is 10.5 Å². The fourth-order valence-electron chi connectivity index (χ4n) is 2.09. The lowest BCUT2D eigenvalue weighted by atomic mass is 10.3. The second-order valence-corrected chi connectivity index (χ2v) is 6.88. The fourth-order valence-corrected chi connectivity index (χ4v) is 3.33. The normalized spacial score (nSPS) is 11.9. The highest BCUT2D eigenvalue weighted by molar-refractivity contribution is 8.08. The number of anilines is 1. The summed E-state index contributed by atoms with van der Waals surface area (Å²) < 4.78 is 30.8. The van der Waals surface area contributed by atoms with Gasteiger partial charge in [-0.25, -0.2) is 8.42 Å². The van der Waals surface area contributed by atoms with E-state index in [1.54, 1.807) is 42.5 Å². The van der Waals surface area contributed by atoms with E-state index >= 15 is 0 Å².